The predicted molar refractivity (Wildman–Crippen MR) is 74.0 cm³/mol. The molecule has 3 aromatic rings. The second-order valence-corrected chi connectivity index (χ2v) is 4.05. The summed E-state index contributed by atoms with van der Waals surface area (Å²) in [5, 5.41) is 13.3. The van der Waals surface area contributed by atoms with Gasteiger partial charge in [-0.1, -0.05) is 6.07 Å². The van der Waals surface area contributed by atoms with Gasteiger partial charge in [0.15, 0.2) is 5.69 Å². The Hall–Kier alpha value is -2.93. The molecule has 0 amide bonds. The molecule has 0 unspecified atom stereocenters. The van der Waals surface area contributed by atoms with Crippen molar-refractivity contribution in [2.75, 3.05) is 5.32 Å². The molecule has 0 fully saturated rings. The predicted octanol–water partition coefficient (Wildman–Crippen LogP) is 3.25. The lowest BCUT2D eigenvalue weighted by molar-refractivity contribution is 1.26. The van der Waals surface area contributed by atoms with Crippen LogP contribution in [0, 0.1) is 11.3 Å². The van der Waals surface area contributed by atoms with Gasteiger partial charge in [-0.3, -0.25) is 4.98 Å². The molecule has 0 spiro atoms. The monoisotopic (exact) mass is 246 g/mol. The minimum Gasteiger partial charge on any atom is -0.353 e. The van der Waals surface area contributed by atoms with Crippen LogP contribution in [0.5, 0.6) is 0 Å². The van der Waals surface area contributed by atoms with Crippen LogP contribution in [0.4, 0.5) is 11.4 Å². The molecule has 2 heterocycles. The smallest absolute Gasteiger partial charge is 0.163 e. The van der Waals surface area contributed by atoms with E-state index in [1.807, 2.05) is 36.4 Å². The fraction of sp³-hybridized carbons (Fsp3) is 0. The van der Waals surface area contributed by atoms with Crippen molar-refractivity contribution in [3.8, 4) is 6.07 Å². The van der Waals surface area contributed by atoms with E-state index in [4.69, 9.17) is 5.26 Å². The van der Waals surface area contributed by atoms with Crippen LogP contribution >= 0.6 is 0 Å². The van der Waals surface area contributed by atoms with Crippen molar-refractivity contribution in [1.82, 2.24) is 9.97 Å². The maximum absolute atomic E-state index is 9.01. The van der Waals surface area contributed by atoms with Gasteiger partial charge in [0.2, 0.25) is 0 Å². The molecule has 0 bridgehead atoms. The van der Waals surface area contributed by atoms with Gasteiger partial charge < -0.3 is 5.32 Å². The summed E-state index contributed by atoms with van der Waals surface area (Å²) in [6.45, 7) is 0. The van der Waals surface area contributed by atoms with Crippen LogP contribution in [0.15, 0.2) is 54.9 Å². The first-order chi connectivity index (χ1) is 9.36. The van der Waals surface area contributed by atoms with E-state index in [1.54, 1.807) is 18.5 Å². The summed E-state index contributed by atoms with van der Waals surface area (Å²) in [7, 11) is 0. The van der Waals surface area contributed by atoms with Gasteiger partial charge in [0.05, 0.1) is 11.2 Å². The van der Waals surface area contributed by atoms with Crippen molar-refractivity contribution in [2.45, 2.75) is 0 Å². The zero-order valence-electron chi connectivity index (χ0n) is 10.0. The van der Waals surface area contributed by atoms with Crippen LogP contribution in [0.2, 0.25) is 0 Å². The number of benzene rings is 1. The molecule has 2 aromatic heterocycles. The van der Waals surface area contributed by atoms with Crippen molar-refractivity contribution in [2.24, 2.45) is 0 Å². The highest BCUT2D eigenvalue weighted by Crippen LogP contribution is 2.22. The third kappa shape index (κ3) is 2.22. The topological polar surface area (TPSA) is 61.6 Å². The molecule has 4 nitrogen and oxygen atoms in total. The first-order valence-corrected chi connectivity index (χ1v) is 5.84. The number of pyridine rings is 2. The Morgan fingerprint density at radius 2 is 1.84 bits per heavy atom. The van der Waals surface area contributed by atoms with Crippen molar-refractivity contribution in [1.29, 1.82) is 5.26 Å². The van der Waals surface area contributed by atoms with Crippen molar-refractivity contribution >= 4 is 22.3 Å². The van der Waals surface area contributed by atoms with Gasteiger partial charge in [-0.15, -0.1) is 0 Å². The molecule has 0 radical (unpaired) electrons. The third-order valence-corrected chi connectivity index (χ3v) is 2.80. The summed E-state index contributed by atoms with van der Waals surface area (Å²) < 4.78 is 0. The number of fused-ring (bicyclic) bond motifs is 1. The van der Waals surface area contributed by atoms with Crippen LogP contribution in [0.1, 0.15) is 5.69 Å². The molecule has 1 N–H and O–H groups in total. The molecular formula is C15H10N4. The maximum Gasteiger partial charge on any atom is 0.163 e. The summed E-state index contributed by atoms with van der Waals surface area (Å²) >= 11 is 0. The van der Waals surface area contributed by atoms with Crippen molar-refractivity contribution in [3.63, 3.8) is 0 Å². The summed E-state index contributed by atoms with van der Waals surface area (Å²) in [6, 6.07) is 15.5. The number of aromatic nitrogens is 2. The number of hydrogen-bond donors (Lipinski definition) is 1. The number of nitrogens with one attached hydrogen (secondary N) is 1. The lowest BCUT2D eigenvalue weighted by Gasteiger charge is -2.08. The molecule has 19 heavy (non-hydrogen) atoms. The van der Waals surface area contributed by atoms with Crippen LogP contribution < -0.4 is 5.32 Å². The Labute approximate surface area is 110 Å². The Bertz CT molecular complexity index is 774. The average Bonchev–Trinajstić information content (AvgIpc) is 2.48. The summed E-state index contributed by atoms with van der Waals surface area (Å²) in [6.07, 6.45) is 3.37. The van der Waals surface area contributed by atoms with Crippen molar-refractivity contribution in [3.05, 3.63) is 60.6 Å². The maximum atomic E-state index is 9.01. The number of nitrogens with zero attached hydrogens (tertiary/aromatic N) is 3. The quantitative estimate of drug-likeness (QED) is 0.754. The van der Waals surface area contributed by atoms with Gasteiger partial charge in [0.1, 0.15) is 6.07 Å². The van der Waals surface area contributed by atoms with E-state index < -0.39 is 0 Å². The summed E-state index contributed by atoms with van der Waals surface area (Å²) in [5.41, 5.74) is 2.94. The minimum atomic E-state index is 0.383. The molecule has 0 aliphatic heterocycles. The molecule has 0 aliphatic carbocycles. The van der Waals surface area contributed by atoms with E-state index >= 15 is 0 Å². The van der Waals surface area contributed by atoms with Gasteiger partial charge in [-0.05, 0) is 36.4 Å². The van der Waals surface area contributed by atoms with E-state index in [1.165, 1.54) is 0 Å². The number of rotatable bonds is 2. The minimum absolute atomic E-state index is 0.383. The Kier molecular flexibility index (Phi) is 2.79. The van der Waals surface area contributed by atoms with Crippen molar-refractivity contribution < 1.29 is 0 Å². The van der Waals surface area contributed by atoms with Crippen LogP contribution in [0.3, 0.4) is 0 Å². The highest BCUT2D eigenvalue weighted by molar-refractivity contribution is 5.83. The van der Waals surface area contributed by atoms with Crippen LogP contribution in [-0.2, 0) is 0 Å². The molecule has 90 valence electrons. The first kappa shape index (κ1) is 11.2. The Morgan fingerprint density at radius 3 is 2.74 bits per heavy atom. The van der Waals surface area contributed by atoms with Gasteiger partial charge in [-0.25, -0.2) is 4.98 Å². The van der Waals surface area contributed by atoms with Crippen LogP contribution in [0.25, 0.3) is 10.9 Å². The SMILES string of the molecule is N#Cc1ncccc1Nc1ccc2ncccc2c1. The number of anilines is 2. The number of nitriles is 1. The zero-order chi connectivity index (χ0) is 13.1. The van der Waals surface area contributed by atoms with E-state index in [0.29, 0.717) is 11.4 Å². The van der Waals surface area contributed by atoms with Gasteiger partial charge >= 0.3 is 0 Å². The lowest BCUT2D eigenvalue weighted by atomic mass is 10.2. The Morgan fingerprint density at radius 1 is 1.00 bits per heavy atom. The summed E-state index contributed by atoms with van der Waals surface area (Å²) in [4.78, 5) is 8.29. The zero-order valence-corrected chi connectivity index (χ0v) is 10.0. The van der Waals surface area contributed by atoms with E-state index in [9.17, 15) is 0 Å². The molecule has 0 atom stereocenters. The average molecular weight is 246 g/mol. The van der Waals surface area contributed by atoms with Gasteiger partial charge in [-0.2, -0.15) is 5.26 Å². The fourth-order valence-corrected chi connectivity index (χ4v) is 1.90. The Balaban J connectivity index is 1.99. The lowest BCUT2D eigenvalue weighted by Crippen LogP contribution is -1.95. The first-order valence-electron chi connectivity index (χ1n) is 5.84. The van der Waals surface area contributed by atoms with E-state index in [0.717, 1.165) is 16.6 Å². The standard InChI is InChI=1S/C15H10N4/c16-10-15-14(4-2-8-18-15)19-12-5-6-13-11(9-12)3-1-7-17-13/h1-9,19H. The number of hydrogen-bond acceptors (Lipinski definition) is 4. The highest BCUT2D eigenvalue weighted by atomic mass is 14.9. The molecular weight excluding hydrogens is 236 g/mol. The van der Waals surface area contributed by atoms with E-state index in [2.05, 4.69) is 21.4 Å². The summed E-state index contributed by atoms with van der Waals surface area (Å²) in [5.74, 6) is 0. The van der Waals surface area contributed by atoms with Gasteiger partial charge in [0, 0.05) is 23.5 Å². The fourth-order valence-electron chi connectivity index (χ4n) is 1.90. The highest BCUT2D eigenvalue weighted by Gasteiger charge is 2.03. The second-order valence-electron chi connectivity index (χ2n) is 4.05. The third-order valence-electron chi connectivity index (χ3n) is 2.80. The molecule has 0 saturated heterocycles. The molecule has 4 heteroatoms. The largest absolute Gasteiger partial charge is 0.353 e. The van der Waals surface area contributed by atoms with Crippen LogP contribution in [-0.4, -0.2) is 9.97 Å². The molecule has 1 aromatic carbocycles. The van der Waals surface area contributed by atoms with Gasteiger partial charge in [0.25, 0.3) is 0 Å². The van der Waals surface area contributed by atoms with E-state index in [-0.39, 0.29) is 0 Å². The molecule has 0 aliphatic rings. The second kappa shape index (κ2) is 4.75. The molecule has 0 saturated carbocycles. The molecule has 3 rings (SSSR count). The normalized spacial score (nSPS) is 10.1.